The van der Waals surface area contributed by atoms with Crippen molar-refractivity contribution in [3.8, 4) is 6.07 Å². The number of benzene rings is 8. The van der Waals surface area contributed by atoms with Crippen molar-refractivity contribution in [2.45, 2.75) is 0 Å². The third-order valence-electron chi connectivity index (χ3n) is 9.34. The molecule has 0 fully saturated rings. The molecular weight excluding hydrogens is 554 g/mol. The predicted octanol–water partition coefficient (Wildman–Crippen LogP) is 6.04. The summed E-state index contributed by atoms with van der Waals surface area (Å²) in [6.45, 7) is 8.16. The van der Waals surface area contributed by atoms with E-state index in [2.05, 4.69) is 132 Å². The molecular formula is C42H26B2N2. The Morgan fingerprint density at radius 2 is 0.826 bits per heavy atom. The topological polar surface area (TPSA) is 28.1 Å². The first-order valence-corrected chi connectivity index (χ1v) is 15.5. The van der Waals surface area contributed by atoms with Crippen LogP contribution in [0.25, 0.3) is 37.2 Å². The average molecular weight is 580 g/mol. The molecule has 0 bridgehead atoms. The van der Waals surface area contributed by atoms with E-state index in [0.29, 0.717) is 11.3 Å². The molecule has 0 aliphatic heterocycles. The van der Waals surface area contributed by atoms with Crippen LogP contribution in [0, 0.1) is 17.9 Å². The molecule has 210 valence electrons. The quantitative estimate of drug-likeness (QED) is 0.134. The van der Waals surface area contributed by atoms with E-state index in [1.54, 1.807) is 0 Å². The van der Waals surface area contributed by atoms with Crippen molar-refractivity contribution in [3.63, 3.8) is 0 Å². The molecule has 0 amide bonds. The first-order valence-electron chi connectivity index (χ1n) is 15.5. The Morgan fingerprint density at radius 1 is 0.457 bits per heavy atom. The van der Waals surface area contributed by atoms with E-state index < -0.39 is 0 Å². The van der Waals surface area contributed by atoms with Gasteiger partial charge in [0, 0.05) is 5.39 Å². The normalized spacial score (nSPS) is 11.0. The van der Waals surface area contributed by atoms with Gasteiger partial charge in [0.2, 0.25) is 13.4 Å². The molecule has 4 heteroatoms. The summed E-state index contributed by atoms with van der Waals surface area (Å²) >= 11 is 0. The van der Waals surface area contributed by atoms with E-state index >= 15 is 0 Å². The number of hydrogen-bond donors (Lipinski definition) is 0. The highest BCUT2D eigenvalue weighted by Gasteiger charge is 2.29. The maximum atomic E-state index is 10.6. The molecule has 0 aromatic heterocycles. The zero-order chi connectivity index (χ0) is 31.0. The summed E-state index contributed by atoms with van der Waals surface area (Å²) in [6, 6.07) is 57.4. The van der Waals surface area contributed by atoms with Crippen LogP contribution in [0.4, 0.5) is 5.69 Å². The zero-order valence-electron chi connectivity index (χ0n) is 25.1. The highest BCUT2D eigenvalue weighted by Crippen LogP contribution is 2.39. The first-order chi connectivity index (χ1) is 22.8. The second kappa shape index (κ2) is 11.4. The molecule has 0 radical (unpaired) electrons. The van der Waals surface area contributed by atoms with Gasteiger partial charge in [-0.3, -0.25) is 0 Å². The second-order valence-corrected chi connectivity index (χ2v) is 11.8. The highest BCUT2D eigenvalue weighted by molar-refractivity contribution is 6.98. The van der Waals surface area contributed by atoms with Gasteiger partial charge in [-0.05, 0) is 33.0 Å². The van der Waals surface area contributed by atoms with Crippen LogP contribution < -0.4 is 32.8 Å². The van der Waals surface area contributed by atoms with E-state index in [1.807, 2.05) is 36.4 Å². The van der Waals surface area contributed by atoms with E-state index in [4.69, 9.17) is 6.57 Å². The van der Waals surface area contributed by atoms with Gasteiger partial charge in [-0.1, -0.05) is 184 Å². The lowest BCUT2D eigenvalue weighted by molar-refractivity contribution is 1.51. The largest absolute Gasteiger partial charge is 0.242 e. The minimum Gasteiger partial charge on any atom is -0.238 e. The molecule has 0 atom stereocenters. The molecule has 8 aromatic carbocycles. The number of nitrogens with zero attached hydrogens (tertiary/aromatic N) is 2. The van der Waals surface area contributed by atoms with Gasteiger partial charge < -0.3 is 0 Å². The van der Waals surface area contributed by atoms with Crippen LogP contribution in [-0.2, 0) is 0 Å². The average Bonchev–Trinajstić information content (AvgIpc) is 3.13. The maximum absolute atomic E-state index is 10.6. The predicted molar refractivity (Wildman–Crippen MR) is 196 cm³/mol. The standard InChI is InChI=1S/C42H26B2N2/c1-46-40-27-39(44(32-18-10-4-11-19-32)33-20-12-5-13-21-33)36-24-23-35-38(26-29(28-45)34-22-25-37(40)42(36)41(34)35)43(30-14-6-2-7-15-30)31-16-8-3-9-17-31/h2-27H. The Morgan fingerprint density at radius 3 is 1.24 bits per heavy atom. The minimum absolute atomic E-state index is 0.0660. The third kappa shape index (κ3) is 4.44. The second-order valence-electron chi connectivity index (χ2n) is 11.8. The van der Waals surface area contributed by atoms with E-state index in [0.717, 1.165) is 43.2 Å². The fraction of sp³-hybridized carbons (Fsp3) is 0. The molecule has 0 saturated heterocycles. The van der Waals surface area contributed by atoms with Gasteiger partial charge >= 0.3 is 0 Å². The lowest BCUT2D eigenvalue weighted by atomic mass is 9.35. The van der Waals surface area contributed by atoms with Crippen LogP contribution in [0.2, 0.25) is 0 Å². The molecule has 0 spiro atoms. The Labute approximate surface area is 269 Å². The SMILES string of the molecule is [C-]#[N+]c1cc(B(c2ccccc2)c2ccccc2)c2ccc3c(B(c4ccccc4)c4ccccc4)cc(C#N)c4ccc1c2c43. The lowest BCUT2D eigenvalue weighted by Gasteiger charge is -2.24. The van der Waals surface area contributed by atoms with Crippen molar-refractivity contribution in [1.29, 1.82) is 5.26 Å². The summed E-state index contributed by atoms with van der Waals surface area (Å²) in [4.78, 5) is 4.09. The fourth-order valence-corrected chi connectivity index (χ4v) is 7.38. The van der Waals surface area contributed by atoms with Crippen molar-refractivity contribution < 1.29 is 0 Å². The Bertz CT molecular complexity index is 2180. The van der Waals surface area contributed by atoms with E-state index in [-0.39, 0.29) is 13.4 Å². The lowest BCUT2D eigenvalue weighted by Crippen LogP contribution is -2.52. The van der Waals surface area contributed by atoms with Crippen LogP contribution in [0.15, 0.2) is 158 Å². The van der Waals surface area contributed by atoms with Crippen molar-refractivity contribution in [1.82, 2.24) is 0 Å². The van der Waals surface area contributed by atoms with E-state index in [1.165, 1.54) is 21.9 Å². The van der Waals surface area contributed by atoms with Crippen molar-refractivity contribution in [2.75, 3.05) is 0 Å². The molecule has 0 saturated carbocycles. The Balaban J connectivity index is 1.51. The molecule has 8 aromatic rings. The molecule has 2 nitrogen and oxygen atoms in total. The summed E-state index contributed by atoms with van der Waals surface area (Å²) in [5.41, 5.74) is 8.14. The smallest absolute Gasteiger partial charge is 0.238 e. The number of nitriles is 1. The van der Waals surface area contributed by atoms with Gasteiger partial charge in [0.15, 0.2) is 5.69 Å². The van der Waals surface area contributed by atoms with Crippen LogP contribution in [0.1, 0.15) is 5.56 Å². The summed E-state index contributed by atoms with van der Waals surface area (Å²) in [7, 11) is 0. The molecule has 0 aliphatic carbocycles. The van der Waals surface area contributed by atoms with Gasteiger partial charge in [-0.15, -0.1) is 0 Å². The molecule has 0 unspecified atom stereocenters. The fourth-order valence-electron chi connectivity index (χ4n) is 7.38. The van der Waals surface area contributed by atoms with Gasteiger partial charge in [-0.25, -0.2) is 4.85 Å². The summed E-state index contributed by atoms with van der Waals surface area (Å²) in [5, 5.41) is 16.7. The molecule has 0 heterocycles. The van der Waals surface area contributed by atoms with Crippen LogP contribution in [0.5, 0.6) is 0 Å². The number of rotatable bonds is 6. The van der Waals surface area contributed by atoms with Gasteiger partial charge in [-0.2, -0.15) is 5.26 Å². The maximum Gasteiger partial charge on any atom is 0.242 e. The van der Waals surface area contributed by atoms with Crippen molar-refractivity contribution >= 4 is 84.2 Å². The van der Waals surface area contributed by atoms with E-state index in [9.17, 15) is 5.26 Å². The number of hydrogen-bond acceptors (Lipinski definition) is 1. The van der Waals surface area contributed by atoms with Crippen molar-refractivity contribution in [3.05, 3.63) is 175 Å². The highest BCUT2D eigenvalue weighted by atomic mass is 14.6. The van der Waals surface area contributed by atoms with Crippen LogP contribution in [0.3, 0.4) is 0 Å². The molecule has 46 heavy (non-hydrogen) atoms. The molecule has 0 aliphatic rings. The molecule has 8 rings (SSSR count). The monoisotopic (exact) mass is 580 g/mol. The summed E-state index contributed by atoms with van der Waals surface area (Å²) in [6.07, 6.45) is 0. The van der Waals surface area contributed by atoms with Crippen LogP contribution in [-0.4, -0.2) is 13.4 Å². The molecule has 0 N–H and O–H groups in total. The van der Waals surface area contributed by atoms with Gasteiger partial charge in [0.25, 0.3) is 0 Å². The van der Waals surface area contributed by atoms with Crippen LogP contribution >= 0.6 is 0 Å². The Kier molecular flexibility index (Phi) is 6.83. The summed E-state index contributed by atoms with van der Waals surface area (Å²) in [5.74, 6) is 0. The van der Waals surface area contributed by atoms with Crippen molar-refractivity contribution in [2.24, 2.45) is 0 Å². The first kappa shape index (κ1) is 27.5. The van der Waals surface area contributed by atoms with Gasteiger partial charge in [0.05, 0.1) is 18.2 Å². The Hall–Kier alpha value is -6.09. The third-order valence-corrected chi connectivity index (χ3v) is 9.34. The summed E-state index contributed by atoms with van der Waals surface area (Å²) < 4.78 is 0. The zero-order valence-corrected chi connectivity index (χ0v) is 25.1. The minimum atomic E-state index is -0.0692. The van der Waals surface area contributed by atoms with Gasteiger partial charge in [0.1, 0.15) is 0 Å².